The Morgan fingerprint density at radius 2 is 1.49 bits per heavy atom. The van der Waals surface area contributed by atoms with Crippen LogP contribution in [0.2, 0.25) is 0 Å². The van der Waals surface area contributed by atoms with Gasteiger partial charge in [-0.3, -0.25) is 19.2 Å². The monoisotopic (exact) mass is 503 g/mol. The van der Waals surface area contributed by atoms with E-state index in [0.29, 0.717) is 22.2 Å². The third kappa shape index (κ3) is 7.39. The van der Waals surface area contributed by atoms with Crippen LogP contribution >= 0.6 is 7.82 Å². The van der Waals surface area contributed by atoms with E-state index in [1.54, 1.807) is 71.9 Å². The maximum atomic E-state index is 13.3. The molecule has 1 amide bonds. The lowest BCUT2D eigenvalue weighted by molar-refractivity contribution is 0.0224. The zero-order valence-corrected chi connectivity index (χ0v) is 21.7. The van der Waals surface area contributed by atoms with E-state index < -0.39 is 25.1 Å². The second-order valence-electron chi connectivity index (χ2n) is 9.73. The Morgan fingerprint density at radius 3 is 2.03 bits per heavy atom. The van der Waals surface area contributed by atoms with Crippen LogP contribution in [0, 0.1) is 0 Å². The van der Waals surface area contributed by atoms with Crippen LogP contribution in [-0.2, 0) is 18.3 Å². The average molecular weight is 503 g/mol. The highest BCUT2D eigenvalue weighted by Crippen LogP contribution is 2.55. The summed E-state index contributed by atoms with van der Waals surface area (Å²) < 4.78 is 34.7. The van der Waals surface area contributed by atoms with Crippen molar-refractivity contribution in [3.8, 4) is 5.75 Å². The van der Waals surface area contributed by atoms with Gasteiger partial charge in [0.25, 0.3) is 0 Å². The number of phosphoric ester groups is 1. The number of rotatable bonds is 7. The minimum Gasteiger partial charge on any atom is -0.453 e. The highest BCUT2D eigenvalue weighted by molar-refractivity contribution is 7.49. The minimum atomic E-state index is -3.95. The number of fused-ring (bicyclic) bond motifs is 1. The number of anilines is 1. The van der Waals surface area contributed by atoms with Gasteiger partial charge in [-0.2, -0.15) is 0 Å². The number of carbonyl (C=O) groups excluding carboxylic acids is 2. The molecule has 3 rings (SSSR count). The van der Waals surface area contributed by atoms with Crippen molar-refractivity contribution in [3.05, 3.63) is 53.6 Å². The molecular formula is C24H30N3O7P. The summed E-state index contributed by atoms with van der Waals surface area (Å²) in [6.45, 7) is 10.5. The number of imidazole rings is 1. The summed E-state index contributed by atoms with van der Waals surface area (Å²) in [5.41, 5.74) is 0.416. The van der Waals surface area contributed by atoms with Crippen LogP contribution in [0.4, 0.5) is 10.7 Å². The minimum absolute atomic E-state index is 0.206. The molecule has 188 valence electrons. The molecule has 0 aliphatic rings. The summed E-state index contributed by atoms with van der Waals surface area (Å²) in [4.78, 5) is 31.6. The summed E-state index contributed by atoms with van der Waals surface area (Å²) in [7, 11) is -2.70. The van der Waals surface area contributed by atoms with Gasteiger partial charge in [-0.1, -0.05) is 0 Å². The summed E-state index contributed by atoms with van der Waals surface area (Å²) in [6.07, 6.45) is -0.659. The van der Waals surface area contributed by atoms with Gasteiger partial charge in [-0.15, -0.1) is 0 Å². The van der Waals surface area contributed by atoms with Crippen molar-refractivity contribution in [3.63, 3.8) is 0 Å². The number of benzene rings is 2. The van der Waals surface area contributed by atoms with Crippen molar-refractivity contribution in [2.24, 2.45) is 0 Å². The number of aromatic amines is 1. The smallest absolute Gasteiger partial charge is 0.453 e. The molecule has 2 aromatic carbocycles. The van der Waals surface area contributed by atoms with Gasteiger partial charge in [0.1, 0.15) is 5.75 Å². The summed E-state index contributed by atoms with van der Waals surface area (Å²) >= 11 is 0. The second kappa shape index (κ2) is 9.81. The van der Waals surface area contributed by atoms with E-state index in [4.69, 9.17) is 13.6 Å². The fraction of sp³-hybridized carbons (Fsp3) is 0.375. The van der Waals surface area contributed by atoms with Crippen LogP contribution in [0.3, 0.4) is 0 Å². The zero-order valence-electron chi connectivity index (χ0n) is 20.8. The van der Waals surface area contributed by atoms with Crippen LogP contribution < -0.4 is 9.84 Å². The van der Waals surface area contributed by atoms with Gasteiger partial charge in [0.2, 0.25) is 5.95 Å². The topological polar surface area (TPSA) is 129 Å². The fourth-order valence-electron chi connectivity index (χ4n) is 3.05. The maximum Gasteiger partial charge on any atom is 0.531 e. The number of nitrogens with one attached hydrogen (secondary N) is 2. The number of carbonyl (C=O) groups is 2. The third-order valence-corrected chi connectivity index (χ3v) is 6.23. The van der Waals surface area contributed by atoms with E-state index >= 15 is 0 Å². The number of amides is 1. The molecule has 0 spiro atoms. The number of phosphoric acid groups is 1. The first-order valence-electron chi connectivity index (χ1n) is 10.9. The third-order valence-electron chi connectivity index (χ3n) is 4.25. The molecule has 0 bridgehead atoms. The van der Waals surface area contributed by atoms with Crippen molar-refractivity contribution in [2.45, 2.75) is 52.7 Å². The van der Waals surface area contributed by atoms with E-state index in [9.17, 15) is 14.2 Å². The highest BCUT2D eigenvalue weighted by Gasteiger charge is 2.38. The number of hydrogen-bond donors (Lipinski definition) is 2. The largest absolute Gasteiger partial charge is 0.531 e. The molecule has 10 nitrogen and oxygen atoms in total. The van der Waals surface area contributed by atoms with E-state index in [-0.39, 0.29) is 17.5 Å². The van der Waals surface area contributed by atoms with Gasteiger partial charge in [0, 0.05) is 11.1 Å². The van der Waals surface area contributed by atoms with Gasteiger partial charge in [-0.05, 0) is 84.0 Å². The molecule has 0 radical (unpaired) electrons. The molecule has 0 saturated heterocycles. The molecule has 0 fully saturated rings. The van der Waals surface area contributed by atoms with Gasteiger partial charge in [0.05, 0.1) is 29.3 Å². The Balaban J connectivity index is 1.79. The fourth-order valence-corrected chi connectivity index (χ4v) is 4.88. The number of H-pyrrole nitrogens is 1. The van der Waals surface area contributed by atoms with Crippen LogP contribution in [0.15, 0.2) is 42.5 Å². The number of ketones is 1. The predicted octanol–water partition coefficient (Wildman–Crippen LogP) is 6.09. The Bertz CT molecular complexity index is 1250. The zero-order chi connectivity index (χ0) is 26.0. The Kier molecular flexibility index (Phi) is 7.40. The first-order chi connectivity index (χ1) is 16.2. The molecule has 0 saturated carbocycles. The van der Waals surface area contributed by atoms with Crippen molar-refractivity contribution >= 4 is 36.7 Å². The molecule has 3 aromatic rings. The maximum absolute atomic E-state index is 13.3. The van der Waals surface area contributed by atoms with E-state index in [1.165, 1.54) is 19.2 Å². The number of aromatic nitrogens is 2. The lowest BCUT2D eigenvalue weighted by Crippen LogP contribution is -2.25. The Morgan fingerprint density at radius 1 is 0.914 bits per heavy atom. The van der Waals surface area contributed by atoms with Gasteiger partial charge < -0.3 is 14.2 Å². The molecule has 0 aliphatic heterocycles. The lowest BCUT2D eigenvalue weighted by Gasteiger charge is -2.30. The average Bonchev–Trinajstić information content (AvgIpc) is 3.11. The predicted molar refractivity (Wildman–Crippen MR) is 132 cm³/mol. The van der Waals surface area contributed by atoms with Crippen LogP contribution in [0.5, 0.6) is 5.75 Å². The Hall–Kier alpha value is -3.20. The van der Waals surface area contributed by atoms with Gasteiger partial charge in [-0.25, -0.2) is 14.3 Å². The van der Waals surface area contributed by atoms with E-state index in [1.807, 2.05) is 0 Å². The summed E-state index contributed by atoms with van der Waals surface area (Å²) in [5.74, 6) is 0.203. The first-order valence-corrected chi connectivity index (χ1v) is 12.3. The van der Waals surface area contributed by atoms with Gasteiger partial charge >= 0.3 is 13.9 Å². The van der Waals surface area contributed by atoms with E-state index in [2.05, 4.69) is 20.0 Å². The molecule has 11 heteroatoms. The van der Waals surface area contributed by atoms with E-state index in [0.717, 1.165) is 0 Å². The van der Waals surface area contributed by atoms with Gasteiger partial charge in [0.15, 0.2) is 5.78 Å². The molecule has 1 aromatic heterocycles. The standard InChI is InChI=1S/C24H30N3O7P/c1-23(2,3)33-35(30,34-24(4,5)6)32-17-11-8-15(9-12-17)20(28)16-10-13-18-19(14-16)26-21(25-18)27-22(29)31-7/h8-14H,1-7H3,(H2,25,26,27,29). The molecule has 1 heterocycles. The first kappa shape index (κ1) is 26.4. The number of methoxy groups -OCH3 is 1. The summed E-state index contributed by atoms with van der Waals surface area (Å²) in [5, 5.41) is 2.44. The highest BCUT2D eigenvalue weighted by atomic mass is 31.2. The van der Waals surface area contributed by atoms with Crippen LogP contribution in [0.25, 0.3) is 11.0 Å². The lowest BCUT2D eigenvalue weighted by atomic mass is 10.0. The quantitative estimate of drug-likeness (QED) is 0.293. The molecule has 0 unspecified atom stereocenters. The SMILES string of the molecule is COC(=O)Nc1nc2ccc(C(=O)c3ccc(OP(=O)(OC(C)(C)C)OC(C)(C)C)cc3)cc2[nH]1. The molecule has 35 heavy (non-hydrogen) atoms. The van der Waals surface area contributed by atoms with Crippen LogP contribution in [0.1, 0.15) is 57.5 Å². The molecular weight excluding hydrogens is 473 g/mol. The van der Waals surface area contributed by atoms with Crippen molar-refractivity contribution in [1.82, 2.24) is 9.97 Å². The molecule has 0 atom stereocenters. The molecule has 2 N–H and O–H groups in total. The normalized spacial score (nSPS) is 12.4. The summed E-state index contributed by atoms with van der Waals surface area (Å²) in [6, 6.07) is 11.1. The van der Waals surface area contributed by atoms with Crippen molar-refractivity contribution in [2.75, 3.05) is 12.4 Å². The van der Waals surface area contributed by atoms with Crippen molar-refractivity contribution in [1.29, 1.82) is 0 Å². The Labute approximate surface area is 203 Å². The molecule has 0 aliphatic carbocycles. The van der Waals surface area contributed by atoms with Crippen molar-refractivity contribution < 1.29 is 32.5 Å². The second-order valence-corrected chi connectivity index (χ2v) is 11.2. The van der Waals surface area contributed by atoms with Crippen LogP contribution in [-0.4, -0.2) is 40.2 Å². The number of ether oxygens (including phenoxy) is 1. The number of nitrogens with zero attached hydrogens (tertiary/aromatic N) is 1. The number of hydrogen-bond acceptors (Lipinski definition) is 8.